The number of sulfonamides is 1. The van der Waals surface area contributed by atoms with Crippen LogP contribution >= 0.6 is 24.0 Å². The van der Waals surface area contributed by atoms with Crippen LogP contribution in [0.4, 0.5) is 0 Å². The summed E-state index contributed by atoms with van der Waals surface area (Å²) >= 11 is 0. The lowest BCUT2D eigenvalue weighted by Crippen LogP contribution is -2.51. The van der Waals surface area contributed by atoms with Gasteiger partial charge in [-0.15, -0.1) is 24.0 Å². The van der Waals surface area contributed by atoms with Crippen LogP contribution in [0, 0.1) is 5.41 Å². The number of piperidine rings is 1. The van der Waals surface area contributed by atoms with Gasteiger partial charge in [-0.3, -0.25) is 4.99 Å². The molecule has 0 aromatic rings. The number of rotatable bonds is 7. The Morgan fingerprint density at radius 1 is 1.32 bits per heavy atom. The minimum atomic E-state index is -3.25. The molecule has 0 bridgehead atoms. The first-order valence-electron chi connectivity index (χ1n) is 9.02. The highest BCUT2D eigenvalue weighted by Crippen LogP contribution is 2.33. The molecule has 0 aromatic heterocycles. The molecule has 1 fully saturated rings. The Labute approximate surface area is 171 Å². The van der Waals surface area contributed by atoms with Crippen LogP contribution in [0.25, 0.3) is 0 Å². The maximum Gasteiger partial charge on any atom is 0.209 e. The number of guanidine groups is 1. The lowest BCUT2D eigenvalue weighted by Gasteiger charge is -2.42. The van der Waals surface area contributed by atoms with Gasteiger partial charge in [-0.1, -0.05) is 20.3 Å². The molecule has 1 aliphatic heterocycles. The minimum Gasteiger partial charge on any atom is -0.357 e. The van der Waals surface area contributed by atoms with Gasteiger partial charge < -0.3 is 10.2 Å². The molecular formula is C17H37IN4O2S. The number of halogens is 1. The van der Waals surface area contributed by atoms with Crippen molar-refractivity contribution in [2.24, 2.45) is 10.4 Å². The van der Waals surface area contributed by atoms with Gasteiger partial charge in [-0.2, -0.15) is 0 Å². The van der Waals surface area contributed by atoms with E-state index in [1.165, 1.54) is 31.9 Å². The molecule has 1 unspecified atom stereocenters. The molecular weight excluding hydrogens is 451 g/mol. The van der Waals surface area contributed by atoms with Crippen molar-refractivity contribution in [2.45, 2.75) is 65.8 Å². The molecule has 2 N–H and O–H groups in total. The fourth-order valence-electron chi connectivity index (χ4n) is 3.54. The Kier molecular flexibility index (Phi) is 10.3. The molecule has 0 spiro atoms. The summed E-state index contributed by atoms with van der Waals surface area (Å²) in [4.78, 5) is 7.06. The van der Waals surface area contributed by atoms with E-state index in [0.717, 1.165) is 25.6 Å². The second-order valence-electron chi connectivity index (χ2n) is 8.01. The summed E-state index contributed by atoms with van der Waals surface area (Å²) in [5.41, 5.74) is -0.263. The molecule has 25 heavy (non-hydrogen) atoms. The average Bonchev–Trinajstić information content (AvgIpc) is 2.40. The van der Waals surface area contributed by atoms with Gasteiger partial charge >= 0.3 is 0 Å². The summed E-state index contributed by atoms with van der Waals surface area (Å²) in [6.45, 7) is 13.6. The number of aliphatic imine (C=N–C) groups is 1. The van der Waals surface area contributed by atoms with Crippen molar-refractivity contribution >= 4 is 40.0 Å². The van der Waals surface area contributed by atoms with Crippen LogP contribution in [0.2, 0.25) is 0 Å². The molecule has 0 amide bonds. The Hall–Kier alpha value is -0.0900. The van der Waals surface area contributed by atoms with Crippen molar-refractivity contribution in [1.29, 1.82) is 0 Å². The van der Waals surface area contributed by atoms with Crippen LogP contribution in [-0.4, -0.2) is 57.3 Å². The van der Waals surface area contributed by atoms with E-state index in [9.17, 15) is 8.42 Å². The highest BCUT2D eigenvalue weighted by atomic mass is 127. The maximum atomic E-state index is 11.5. The Balaban J connectivity index is 0.00000576. The summed E-state index contributed by atoms with van der Waals surface area (Å²) < 4.78 is 25.6. The van der Waals surface area contributed by atoms with Gasteiger partial charge in [0.15, 0.2) is 5.96 Å². The Morgan fingerprint density at radius 2 is 1.96 bits per heavy atom. The van der Waals surface area contributed by atoms with Gasteiger partial charge in [0.05, 0.1) is 12.8 Å². The number of hydrogen-bond donors (Lipinski definition) is 2. The summed E-state index contributed by atoms with van der Waals surface area (Å²) in [5, 5.41) is 3.37. The molecule has 8 heteroatoms. The van der Waals surface area contributed by atoms with Crippen molar-refractivity contribution in [2.75, 3.05) is 32.4 Å². The third-order valence-corrected chi connectivity index (χ3v) is 5.28. The van der Waals surface area contributed by atoms with E-state index >= 15 is 0 Å². The highest BCUT2D eigenvalue weighted by molar-refractivity contribution is 14.0. The Bertz CT molecular complexity index is 533. The molecule has 0 aromatic carbocycles. The van der Waals surface area contributed by atoms with Crippen molar-refractivity contribution in [1.82, 2.24) is 14.9 Å². The highest BCUT2D eigenvalue weighted by Gasteiger charge is 2.32. The number of nitrogens with one attached hydrogen (secondary N) is 2. The predicted octanol–water partition coefficient (Wildman–Crippen LogP) is 2.80. The smallest absolute Gasteiger partial charge is 0.209 e. The van der Waals surface area contributed by atoms with Gasteiger partial charge in [0, 0.05) is 25.2 Å². The Morgan fingerprint density at radius 3 is 2.48 bits per heavy atom. The number of nitrogens with zero attached hydrogens (tertiary/aromatic N) is 2. The molecule has 1 rings (SSSR count). The standard InChI is InChI=1S/C17H36N4O2S.HI/c1-7-10-17(5)11-9-12-21(14-17)15(18-8-2)19-13-16(3,4)20-24(6,22)23;/h20H,7-14H2,1-6H3,(H,18,19);1H. The van der Waals surface area contributed by atoms with Crippen molar-refractivity contribution in [3.8, 4) is 0 Å². The number of hydrogen-bond acceptors (Lipinski definition) is 3. The van der Waals surface area contributed by atoms with Crippen molar-refractivity contribution < 1.29 is 8.42 Å². The van der Waals surface area contributed by atoms with Crippen molar-refractivity contribution in [3.05, 3.63) is 0 Å². The molecule has 1 atom stereocenters. The van der Waals surface area contributed by atoms with E-state index in [1.807, 2.05) is 13.8 Å². The third kappa shape index (κ3) is 9.42. The van der Waals surface area contributed by atoms with Crippen LogP contribution in [-0.2, 0) is 10.0 Å². The quantitative estimate of drug-likeness (QED) is 0.329. The van der Waals surface area contributed by atoms with E-state index in [1.54, 1.807) is 0 Å². The van der Waals surface area contributed by atoms with E-state index in [-0.39, 0.29) is 24.0 Å². The average molecular weight is 488 g/mol. The summed E-state index contributed by atoms with van der Waals surface area (Å²) in [6.07, 6.45) is 6.04. The zero-order chi connectivity index (χ0) is 18.4. The summed E-state index contributed by atoms with van der Waals surface area (Å²) in [6, 6.07) is 0. The molecule has 0 saturated carbocycles. The zero-order valence-electron chi connectivity index (χ0n) is 16.7. The monoisotopic (exact) mass is 488 g/mol. The molecule has 1 aliphatic rings. The van der Waals surface area contributed by atoms with Crippen LogP contribution in [0.5, 0.6) is 0 Å². The predicted molar refractivity (Wildman–Crippen MR) is 117 cm³/mol. The molecule has 1 saturated heterocycles. The van der Waals surface area contributed by atoms with E-state index in [2.05, 4.69) is 35.7 Å². The zero-order valence-corrected chi connectivity index (χ0v) is 19.8. The van der Waals surface area contributed by atoms with Gasteiger partial charge in [0.25, 0.3) is 0 Å². The van der Waals surface area contributed by atoms with E-state index < -0.39 is 15.6 Å². The molecule has 0 radical (unpaired) electrons. The first-order chi connectivity index (χ1) is 11.0. The van der Waals surface area contributed by atoms with Gasteiger partial charge in [0.1, 0.15) is 0 Å². The lowest BCUT2D eigenvalue weighted by molar-refractivity contribution is 0.142. The van der Waals surface area contributed by atoms with Crippen LogP contribution < -0.4 is 10.0 Å². The van der Waals surface area contributed by atoms with Gasteiger partial charge in [-0.05, 0) is 45.4 Å². The molecule has 150 valence electrons. The van der Waals surface area contributed by atoms with Gasteiger partial charge in [-0.25, -0.2) is 13.1 Å². The van der Waals surface area contributed by atoms with Crippen LogP contribution in [0.3, 0.4) is 0 Å². The normalized spacial score (nSPS) is 22.5. The third-order valence-electron chi connectivity index (χ3n) is 4.35. The topological polar surface area (TPSA) is 73.8 Å². The van der Waals surface area contributed by atoms with Crippen LogP contribution in [0.1, 0.15) is 60.3 Å². The fraction of sp³-hybridized carbons (Fsp3) is 0.941. The molecule has 0 aliphatic carbocycles. The largest absolute Gasteiger partial charge is 0.357 e. The lowest BCUT2D eigenvalue weighted by atomic mass is 9.78. The first-order valence-corrected chi connectivity index (χ1v) is 10.9. The van der Waals surface area contributed by atoms with Crippen molar-refractivity contribution in [3.63, 3.8) is 0 Å². The fourth-order valence-corrected chi connectivity index (χ4v) is 4.60. The van der Waals surface area contributed by atoms with E-state index in [0.29, 0.717) is 12.0 Å². The SMILES string of the molecule is CCCC1(C)CCCN(C(=NCC(C)(C)NS(C)(=O)=O)NCC)C1.I. The molecule has 1 heterocycles. The summed E-state index contributed by atoms with van der Waals surface area (Å²) in [7, 11) is -3.25. The first kappa shape index (κ1) is 24.9. The van der Waals surface area contributed by atoms with E-state index in [4.69, 9.17) is 4.99 Å². The summed E-state index contributed by atoms with van der Waals surface area (Å²) in [5.74, 6) is 0.892. The maximum absolute atomic E-state index is 11.5. The second kappa shape index (κ2) is 10.3. The molecule has 6 nitrogen and oxygen atoms in total. The second-order valence-corrected chi connectivity index (χ2v) is 9.76. The van der Waals surface area contributed by atoms with Crippen LogP contribution in [0.15, 0.2) is 4.99 Å². The number of likely N-dealkylation sites (tertiary alicyclic amines) is 1. The van der Waals surface area contributed by atoms with Gasteiger partial charge in [0.2, 0.25) is 10.0 Å². The minimum absolute atomic E-state index is 0.